The Labute approximate surface area is 172 Å². The third-order valence-electron chi connectivity index (χ3n) is 4.48. The Morgan fingerprint density at radius 1 is 0.933 bits per heavy atom. The summed E-state index contributed by atoms with van der Waals surface area (Å²) in [6, 6.07) is 20.6. The maximum absolute atomic E-state index is 11.9. The summed E-state index contributed by atoms with van der Waals surface area (Å²) < 4.78 is 5.42. The molecule has 8 nitrogen and oxygen atoms in total. The van der Waals surface area contributed by atoms with Crippen molar-refractivity contribution in [1.29, 1.82) is 0 Å². The number of nitrogens with zero attached hydrogens (tertiary/aromatic N) is 3. The highest BCUT2D eigenvalue weighted by Crippen LogP contribution is 2.35. The maximum atomic E-state index is 11.9. The van der Waals surface area contributed by atoms with Gasteiger partial charge in [-0.15, -0.1) is 0 Å². The van der Waals surface area contributed by atoms with Gasteiger partial charge in [-0.3, -0.25) is 10.1 Å². The molecule has 0 saturated heterocycles. The lowest BCUT2D eigenvalue weighted by Gasteiger charge is -2.12. The third-order valence-corrected chi connectivity index (χ3v) is 4.48. The Bertz CT molecular complexity index is 1190. The van der Waals surface area contributed by atoms with Crippen molar-refractivity contribution >= 4 is 39.5 Å². The predicted octanol–water partition coefficient (Wildman–Crippen LogP) is 5.42. The van der Waals surface area contributed by atoms with Crippen LogP contribution < -0.4 is 15.4 Å². The second-order valence-electron chi connectivity index (χ2n) is 6.41. The van der Waals surface area contributed by atoms with E-state index in [0.717, 1.165) is 22.2 Å². The first-order valence-corrected chi connectivity index (χ1v) is 9.40. The first-order chi connectivity index (χ1) is 14.7. The Kier molecular flexibility index (Phi) is 5.38. The number of benzene rings is 3. The Hall–Kier alpha value is -4.20. The highest BCUT2D eigenvalue weighted by atomic mass is 16.6. The zero-order valence-electron chi connectivity index (χ0n) is 16.2. The number of rotatable bonds is 7. The summed E-state index contributed by atoms with van der Waals surface area (Å²) in [7, 11) is 0. The van der Waals surface area contributed by atoms with E-state index in [4.69, 9.17) is 4.74 Å². The Morgan fingerprint density at radius 2 is 1.63 bits per heavy atom. The monoisotopic (exact) mass is 401 g/mol. The number of aromatic nitrogens is 2. The van der Waals surface area contributed by atoms with Crippen LogP contribution in [0.25, 0.3) is 10.8 Å². The molecular weight excluding hydrogens is 382 g/mol. The molecule has 4 aromatic rings. The lowest BCUT2D eigenvalue weighted by atomic mass is 10.1. The second kappa shape index (κ2) is 8.44. The van der Waals surface area contributed by atoms with Gasteiger partial charge in [0, 0.05) is 16.8 Å². The van der Waals surface area contributed by atoms with Gasteiger partial charge >= 0.3 is 5.69 Å². The van der Waals surface area contributed by atoms with Gasteiger partial charge in [0.25, 0.3) is 0 Å². The van der Waals surface area contributed by atoms with Crippen LogP contribution in [0.2, 0.25) is 0 Å². The summed E-state index contributed by atoms with van der Waals surface area (Å²) >= 11 is 0. The van der Waals surface area contributed by atoms with Gasteiger partial charge < -0.3 is 15.4 Å². The molecule has 8 heteroatoms. The number of nitro groups is 1. The molecule has 150 valence electrons. The van der Waals surface area contributed by atoms with Crippen molar-refractivity contribution < 1.29 is 9.66 Å². The van der Waals surface area contributed by atoms with Crippen LogP contribution in [0.15, 0.2) is 73.1 Å². The molecule has 4 rings (SSSR count). The van der Waals surface area contributed by atoms with Crippen molar-refractivity contribution in [2.45, 2.75) is 6.92 Å². The number of hydrogen-bond acceptors (Lipinski definition) is 7. The van der Waals surface area contributed by atoms with E-state index < -0.39 is 4.92 Å². The fraction of sp³-hybridized carbons (Fsp3) is 0.0909. The van der Waals surface area contributed by atoms with Crippen molar-refractivity contribution in [2.24, 2.45) is 0 Å². The molecule has 3 aromatic carbocycles. The van der Waals surface area contributed by atoms with Gasteiger partial charge in [-0.2, -0.15) is 0 Å². The topological polar surface area (TPSA) is 102 Å². The quantitative estimate of drug-likeness (QED) is 0.315. The van der Waals surface area contributed by atoms with Crippen molar-refractivity contribution in [3.63, 3.8) is 0 Å². The minimum absolute atomic E-state index is 0.0990. The molecule has 0 radical (unpaired) electrons. The lowest BCUT2D eigenvalue weighted by molar-refractivity contribution is -0.383. The molecule has 0 aliphatic carbocycles. The highest BCUT2D eigenvalue weighted by Gasteiger charge is 2.23. The van der Waals surface area contributed by atoms with Crippen LogP contribution in [0, 0.1) is 10.1 Å². The minimum Gasteiger partial charge on any atom is -0.494 e. The van der Waals surface area contributed by atoms with E-state index in [9.17, 15) is 10.1 Å². The van der Waals surface area contributed by atoms with Gasteiger partial charge in [0.2, 0.25) is 11.6 Å². The predicted molar refractivity (Wildman–Crippen MR) is 117 cm³/mol. The van der Waals surface area contributed by atoms with Gasteiger partial charge in [0.15, 0.2) is 0 Å². The van der Waals surface area contributed by atoms with Gasteiger partial charge in [-0.05, 0) is 42.6 Å². The summed E-state index contributed by atoms with van der Waals surface area (Å²) in [6.45, 7) is 2.47. The molecule has 2 N–H and O–H groups in total. The molecular formula is C22H19N5O3. The van der Waals surface area contributed by atoms with Gasteiger partial charge in [0.05, 0.1) is 11.5 Å². The molecule has 30 heavy (non-hydrogen) atoms. The average molecular weight is 401 g/mol. The zero-order chi connectivity index (χ0) is 20.9. The Morgan fingerprint density at radius 3 is 2.37 bits per heavy atom. The van der Waals surface area contributed by atoms with Crippen LogP contribution in [0.1, 0.15) is 6.92 Å². The number of fused-ring (bicyclic) bond motifs is 1. The Balaban J connectivity index is 1.68. The molecule has 0 saturated carbocycles. The van der Waals surface area contributed by atoms with Crippen LogP contribution in [0.5, 0.6) is 5.75 Å². The van der Waals surface area contributed by atoms with Crippen LogP contribution in [-0.2, 0) is 0 Å². The van der Waals surface area contributed by atoms with Crippen LogP contribution in [0.4, 0.5) is 28.7 Å². The molecule has 0 amide bonds. The molecule has 1 aromatic heterocycles. The molecule has 0 aliphatic rings. The number of ether oxygens (including phenoxy) is 1. The summed E-state index contributed by atoms with van der Waals surface area (Å²) in [5.74, 6) is 0.931. The summed E-state index contributed by atoms with van der Waals surface area (Å²) in [6.07, 6.45) is 1.29. The van der Waals surface area contributed by atoms with Crippen LogP contribution >= 0.6 is 0 Å². The van der Waals surface area contributed by atoms with E-state index in [-0.39, 0.29) is 17.3 Å². The van der Waals surface area contributed by atoms with E-state index in [1.54, 1.807) is 24.3 Å². The molecule has 0 spiro atoms. The molecule has 0 bridgehead atoms. The zero-order valence-corrected chi connectivity index (χ0v) is 16.2. The van der Waals surface area contributed by atoms with E-state index in [1.807, 2.05) is 49.4 Å². The van der Waals surface area contributed by atoms with Gasteiger partial charge in [-0.25, -0.2) is 9.97 Å². The molecule has 0 unspecified atom stereocenters. The van der Waals surface area contributed by atoms with Gasteiger partial charge in [0.1, 0.15) is 12.1 Å². The van der Waals surface area contributed by atoms with E-state index in [0.29, 0.717) is 12.3 Å². The van der Waals surface area contributed by atoms with Gasteiger partial charge in [-0.1, -0.05) is 36.4 Å². The van der Waals surface area contributed by atoms with Crippen molar-refractivity contribution in [1.82, 2.24) is 9.97 Å². The lowest BCUT2D eigenvalue weighted by Crippen LogP contribution is -2.05. The molecule has 0 aliphatic heterocycles. The minimum atomic E-state index is -0.496. The van der Waals surface area contributed by atoms with E-state index in [1.165, 1.54) is 6.33 Å². The van der Waals surface area contributed by atoms with Crippen LogP contribution in [0.3, 0.4) is 0 Å². The maximum Gasteiger partial charge on any atom is 0.353 e. The van der Waals surface area contributed by atoms with E-state index >= 15 is 0 Å². The number of hydrogen-bond donors (Lipinski definition) is 2. The van der Waals surface area contributed by atoms with Crippen molar-refractivity contribution in [3.8, 4) is 5.75 Å². The average Bonchev–Trinajstić information content (AvgIpc) is 2.75. The smallest absolute Gasteiger partial charge is 0.353 e. The molecule has 1 heterocycles. The highest BCUT2D eigenvalue weighted by molar-refractivity contribution is 5.96. The fourth-order valence-corrected chi connectivity index (χ4v) is 3.13. The first-order valence-electron chi connectivity index (χ1n) is 9.40. The van der Waals surface area contributed by atoms with Crippen molar-refractivity contribution in [3.05, 3.63) is 83.2 Å². The first kappa shape index (κ1) is 19.1. The molecule has 0 fully saturated rings. The summed E-state index contributed by atoms with van der Waals surface area (Å²) in [5.41, 5.74) is 1.14. The third kappa shape index (κ3) is 3.97. The second-order valence-corrected chi connectivity index (χ2v) is 6.41. The summed E-state index contributed by atoms with van der Waals surface area (Å²) in [5, 5.41) is 19.9. The van der Waals surface area contributed by atoms with Crippen LogP contribution in [-0.4, -0.2) is 21.5 Å². The fourth-order valence-electron chi connectivity index (χ4n) is 3.13. The number of nitrogens with one attached hydrogen (secondary N) is 2. The van der Waals surface area contributed by atoms with Crippen molar-refractivity contribution in [2.75, 3.05) is 17.2 Å². The largest absolute Gasteiger partial charge is 0.494 e. The standard InChI is InChI=1S/C22H19N5O3/c1-2-30-17-12-10-16(11-13-17)25-21-20(27(28)29)22(24-14-23-21)26-19-9-5-7-15-6-3-4-8-18(15)19/h3-14H,2H2,1H3,(H2,23,24,25,26). The SMILES string of the molecule is CCOc1ccc(Nc2ncnc(Nc3cccc4ccccc34)c2[N+](=O)[O-])cc1. The normalized spacial score (nSPS) is 10.6. The molecule has 0 atom stereocenters. The summed E-state index contributed by atoms with van der Waals surface area (Å²) in [4.78, 5) is 19.6. The number of anilines is 4. The van der Waals surface area contributed by atoms with E-state index in [2.05, 4.69) is 20.6 Å².